The molecule has 1 fully saturated rings. The zero-order valence-electron chi connectivity index (χ0n) is 7.83. The molecule has 2 N–H and O–H groups in total. The highest BCUT2D eigenvalue weighted by Crippen LogP contribution is 2.28. The summed E-state index contributed by atoms with van der Waals surface area (Å²) in [6.07, 6.45) is 9.32. The molecule has 13 heavy (non-hydrogen) atoms. The predicted molar refractivity (Wildman–Crippen MR) is 51.2 cm³/mol. The molecule has 1 aliphatic carbocycles. The van der Waals surface area contributed by atoms with Crippen molar-refractivity contribution in [3.63, 3.8) is 0 Å². The average molecular weight is 180 g/mol. The number of anilines is 1. The predicted octanol–water partition coefficient (Wildman–Crippen LogP) is 2.38. The minimum atomic E-state index is 0.713. The van der Waals surface area contributed by atoms with Crippen LogP contribution in [0.25, 0.3) is 0 Å². The van der Waals surface area contributed by atoms with Crippen molar-refractivity contribution in [1.82, 2.24) is 5.16 Å². The molecular weight excluding hydrogens is 164 g/mol. The third-order valence-electron chi connectivity index (χ3n) is 2.88. The lowest BCUT2D eigenvalue weighted by molar-refractivity contribution is 0.310. The molecule has 3 nitrogen and oxygen atoms in total. The summed E-state index contributed by atoms with van der Waals surface area (Å²) in [5.41, 5.74) is 6.41. The minimum absolute atomic E-state index is 0.713. The van der Waals surface area contributed by atoms with E-state index in [9.17, 15) is 0 Å². The van der Waals surface area contributed by atoms with E-state index in [1.54, 1.807) is 6.20 Å². The number of rotatable bonds is 2. The number of nitrogens with two attached hydrogens (primary N) is 1. The molecule has 72 valence electrons. The van der Waals surface area contributed by atoms with Gasteiger partial charge < -0.3 is 10.3 Å². The summed E-state index contributed by atoms with van der Waals surface area (Å²) in [5, 5.41) is 3.69. The standard InChI is InChI=1S/C10H16N2O/c11-9-7-12-13-10(9)6-8-4-2-1-3-5-8/h7-8H,1-6,11H2. The van der Waals surface area contributed by atoms with Crippen LogP contribution in [-0.2, 0) is 6.42 Å². The van der Waals surface area contributed by atoms with E-state index in [2.05, 4.69) is 5.16 Å². The molecule has 2 rings (SSSR count). The molecule has 0 aliphatic heterocycles. The van der Waals surface area contributed by atoms with E-state index in [0.29, 0.717) is 5.69 Å². The molecule has 0 aromatic carbocycles. The van der Waals surface area contributed by atoms with Crippen molar-refractivity contribution >= 4 is 5.69 Å². The SMILES string of the molecule is Nc1cnoc1CC1CCCCC1. The van der Waals surface area contributed by atoms with E-state index in [1.165, 1.54) is 32.1 Å². The fourth-order valence-electron chi connectivity index (χ4n) is 2.08. The second-order valence-electron chi connectivity index (χ2n) is 3.91. The molecule has 0 spiro atoms. The first-order chi connectivity index (χ1) is 6.36. The van der Waals surface area contributed by atoms with Gasteiger partial charge in [-0.25, -0.2) is 0 Å². The lowest BCUT2D eigenvalue weighted by Crippen LogP contribution is -2.09. The monoisotopic (exact) mass is 180 g/mol. The van der Waals surface area contributed by atoms with Gasteiger partial charge in [-0.05, 0) is 5.92 Å². The minimum Gasteiger partial charge on any atom is -0.395 e. The van der Waals surface area contributed by atoms with Crippen LogP contribution in [0.5, 0.6) is 0 Å². The van der Waals surface area contributed by atoms with E-state index >= 15 is 0 Å². The van der Waals surface area contributed by atoms with Crippen molar-refractivity contribution in [3.8, 4) is 0 Å². The summed E-state index contributed by atoms with van der Waals surface area (Å²) in [6.45, 7) is 0. The second-order valence-corrected chi connectivity index (χ2v) is 3.91. The topological polar surface area (TPSA) is 52.0 Å². The Kier molecular flexibility index (Phi) is 2.52. The molecule has 0 radical (unpaired) electrons. The van der Waals surface area contributed by atoms with E-state index in [4.69, 9.17) is 10.3 Å². The highest BCUT2D eigenvalue weighted by atomic mass is 16.5. The molecule has 1 aromatic heterocycles. The molecule has 1 heterocycles. The normalized spacial score (nSPS) is 19.1. The molecule has 1 aromatic rings. The molecule has 1 aliphatic rings. The van der Waals surface area contributed by atoms with Crippen molar-refractivity contribution < 1.29 is 4.52 Å². The van der Waals surface area contributed by atoms with Gasteiger partial charge in [0, 0.05) is 6.42 Å². The summed E-state index contributed by atoms with van der Waals surface area (Å²) >= 11 is 0. The maximum atomic E-state index is 5.70. The van der Waals surface area contributed by atoms with Crippen molar-refractivity contribution in [2.24, 2.45) is 5.92 Å². The van der Waals surface area contributed by atoms with Crippen LogP contribution in [0.2, 0.25) is 0 Å². The van der Waals surface area contributed by atoms with Gasteiger partial charge in [-0.1, -0.05) is 37.3 Å². The number of hydrogen-bond donors (Lipinski definition) is 1. The molecule has 3 heteroatoms. The van der Waals surface area contributed by atoms with Crippen LogP contribution < -0.4 is 5.73 Å². The van der Waals surface area contributed by atoms with Crippen molar-refractivity contribution in [3.05, 3.63) is 12.0 Å². The van der Waals surface area contributed by atoms with Gasteiger partial charge in [-0.2, -0.15) is 0 Å². The quantitative estimate of drug-likeness (QED) is 0.760. The Bertz CT molecular complexity index is 264. The fourth-order valence-corrected chi connectivity index (χ4v) is 2.08. The number of nitrogen functional groups attached to an aromatic ring is 1. The molecule has 1 saturated carbocycles. The molecule has 0 bridgehead atoms. The van der Waals surface area contributed by atoms with Gasteiger partial charge in [-0.3, -0.25) is 0 Å². The highest BCUT2D eigenvalue weighted by molar-refractivity contribution is 5.38. The zero-order chi connectivity index (χ0) is 9.10. The third kappa shape index (κ3) is 2.02. The molecule has 0 unspecified atom stereocenters. The van der Waals surface area contributed by atoms with Gasteiger partial charge in [0.2, 0.25) is 0 Å². The summed E-state index contributed by atoms with van der Waals surface area (Å²) in [5.74, 6) is 1.65. The summed E-state index contributed by atoms with van der Waals surface area (Å²) < 4.78 is 5.09. The van der Waals surface area contributed by atoms with Gasteiger partial charge in [0.25, 0.3) is 0 Å². The highest BCUT2D eigenvalue weighted by Gasteiger charge is 2.17. The first-order valence-corrected chi connectivity index (χ1v) is 5.05. The van der Waals surface area contributed by atoms with Gasteiger partial charge in [0.15, 0.2) is 5.76 Å². The Hall–Kier alpha value is -0.990. The second kappa shape index (κ2) is 3.81. The molecule has 0 saturated heterocycles. The van der Waals surface area contributed by atoms with E-state index < -0.39 is 0 Å². The summed E-state index contributed by atoms with van der Waals surface area (Å²) in [7, 11) is 0. The summed E-state index contributed by atoms with van der Waals surface area (Å²) in [4.78, 5) is 0. The van der Waals surface area contributed by atoms with Crippen molar-refractivity contribution in [2.75, 3.05) is 5.73 Å². The van der Waals surface area contributed by atoms with Crippen LogP contribution in [0.15, 0.2) is 10.7 Å². The van der Waals surface area contributed by atoms with Crippen LogP contribution in [-0.4, -0.2) is 5.16 Å². The average Bonchev–Trinajstić information content (AvgIpc) is 2.54. The van der Waals surface area contributed by atoms with Crippen molar-refractivity contribution in [1.29, 1.82) is 0 Å². The number of nitrogens with zero attached hydrogens (tertiary/aromatic N) is 1. The Morgan fingerprint density at radius 1 is 1.38 bits per heavy atom. The Labute approximate surface area is 78.3 Å². The first-order valence-electron chi connectivity index (χ1n) is 5.05. The van der Waals surface area contributed by atoms with Crippen LogP contribution in [0.4, 0.5) is 5.69 Å². The van der Waals surface area contributed by atoms with Gasteiger partial charge in [0.05, 0.1) is 11.9 Å². The third-order valence-corrected chi connectivity index (χ3v) is 2.88. The van der Waals surface area contributed by atoms with Gasteiger partial charge >= 0.3 is 0 Å². The zero-order valence-corrected chi connectivity index (χ0v) is 7.83. The van der Waals surface area contributed by atoms with Crippen LogP contribution in [0, 0.1) is 5.92 Å². The Morgan fingerprint density at radius 2 is 2.15 bits per heavy atom. The fraction of sp³-hybridized carbons (Fsp3) is 0.700. The number of hydrogen-bond acceptors (Lipinski definition) is 3. The summed E-state index contributed by atoms with van der Waals surface area (Å²) in [6, 6.07) is 0. The lowest BCUT2D eigenvalue weighted by atomic mass is 9.86. The molecule has 0 amide bonds. The van der Waals surface area contributed by atoms with E-state index in [0.717, 1.165) is 18.1 Å². The molecular formula is C10H16N2O. The van der Waals surface area contributed by atoms with E-state index in [-0.39, 0.29) is 0 Å². The largest absolute Gasteiger partial charge is 0.395 e. The smallest absolute Gasteiger partial charge is 0.159 e. The Balaban J connectivity index is 1.93. The van der Waals surface area contributed by atoms with Gasteiger partial charge in [-0.15, -0.1) is 0 Å². The molecule has 0 atom stereocenters. The van der Waals surface area contributed by atoms with Gasteiger partial charge in [0.1, 0.15) is 0 Å². The maximum absolute atomic E-state index is 5.70. The van der Waals surface area contributed by atoms with Crippen LogP contribution >= 0.6 is 0 Å². The van der Waals surface area contributed by atoms with E-state index in [1.807, 2.05) is 0 Å². The number of aromatic nitrogens is 1. The Morgan fingerprint density at radius 3 is 2.77 bits per heavy atom. The lowest BCUT2D eigenvalue weighted by Gasteiger charge is -2.20. The maximum Gasteiger partial charge on any atom is 0.159 e. The van der Waals surface area contributed by atoms with Crippen LogP contribution in [0.3, 0.4) is 0 Å². The first kappa shape index (κ1) is 8.60. The van der Waals surface area contributed by atoms with Crippen molar-refractivity contribution in [2.45, 2.75) is 38.5 Å². The van der Waals surface area contributed by atoms with Crippen LogP contribution in [0.1, 0.15) is 37.9 Å².